The van der Waals surface area contributed by atoms with Crippen LogP contribution in [-0.2, 0) is 9.47 Å². The minimum absolute atomic E-state index is 0.113. The van der Waals surface area contributed by atoms with Gasteiger partial charge in [-0.2, -0.15) is 0 Å². The Labute approximate surface area is 321 Å². The predicted molar refractivity (Wildman–Crippen MR) is 210 cm³/mol. The van der Waals surface area contributed by atoms with Crippen LogP contribution in [0.2, 0.25) is 0 Å². The highest BCUT2D eigenvalue weighted by Gasteiger charge is 2.14. The Bertz CT molecular complexity index is 2120. The number of nitrogens with two attached hydrogens (primary N) is 1. The maximum absolute atomic E-state index is 12.3. The van der Waals surface area contributed by atoms with E-state index in [2.05, 4.69) is 27.5 Å². The third-order valence-corrected chi connectivity index (χ3v) is 7.66. The second-order valence-corrected chi connectivity index (χ2v) is 12.2. The first-order chi connectivity index (χ1) is 26.1. The van der Waals surface area contributed by atoms with Gasteiger partial charge in [0.1, 0.15) is 11.2 Å². The zero-order valence-electron chi connectivity index (χ0n) is 29.5. The van der Waals surface area contributed by atoms with E-state index in [0.29, 0.717) is 46.9 Å². The summed E-state index contributed by atoms with van der Waals surface area (Å²) < 4.78 is 20.8. The molecule has 1 amide bonds. The van der Waals surface area contributed by atoms with Crippen LogP contribution in [0.15, 0.2) is 106 Å². The summed E-state index contributed by atoms with van der Waals surface area (Å²) in [5.74, 6) is -0.824. The largest absolute Gasteiger partial charge is 0.462 e. The van der Waals surface area contributed by atoms with Crippen molar-refractivity contribution in [2.45, 2.75) is 39.5 Å². The van der Waals surface area contributed by atoms with Crippen molar-refractivity contribution in [3.63, 3.8) is 0 Å². The molecule has 0 radical (unpaired) electrons. The predicted octanol–water partition coefficient (Wildman–Crippen LogP) is 8.34. The summed E-state index contributed by atoms with van der Waals surface area (Å²) in [6, 6.07) is 19.9. The van der Waals surface area contributed by atoms with E-state index in [1.807, 2.05) is 6.92 Å². The Morgan fingerprint density at radius 2 is 1.22 bits per heavy atom. The number of unbranched alkanes of at least 4 members (excludes halogenated alkanes) is 2. The highest BCUT2D eigenvalue weighted by molar-refractivity contribution is 7.80. The molecule has 0 bridgehead atoms. The topological polar surface area (TPSA) is 189 Å². The van der Waals surface area contributed by atoms with Crippen LogP contribution in [0, 0.1) is 0 Å². The molecule has 0 aliphatic carbocycles. The molecule has 6 aromatic rings. The molecule has 280 valence electrons. The van der Waals surface area contributed by atoms with Crippen LogP contribution in [-0.4, -0.2) is 51.4 Å². The zero-order chi connectivity index (χ0) is 38.9. The van der Waals surface area contributed by atoms with Gasteiger partial charge in [-0.15, -0.1) is 0 Å². The highest BCUT2D eigenvalue weighted by atomic mass is 35.5. The fraction of sp³-hybridized carbons (Fsp3) is 0.205. The van der Waals surface area contributed by atoms with E-state index in [9.17, 15) is 19.2 Å². The van der Waals surface area contributed by atoms with Crippen LogP contribution in [0.4, 0.5) is 11.4 Å². The number of halogens is 1. The average Bonchev–Trinajstić information content (AvgIpc) is 3.82. The number of hydrogen-bond donors (Lipinski definition) is 3. The van der Waals surface area contributed by atoms with E-state index in [1.165, 1.54) is 0 Å². The molecule has 0 spiro atoms. The Balaban J connectivity index is 0.000000207. The average molecular weight is 772 g/mol. The lowest BCUT2D eigenvalue weighted by Gasteiger charge is -2.09. The molecule has 4 N–H and O–H groups in total. The first-order valence-electron chi connectivity index (χ1n) is 16.9. The first-order valence-corrected chi connectivity index (χ1v) is 17.7. The van der Waals surface area contributed by atoms with Gasteiger partial charge in [0, 0.05) is 46.9 Å². The third-order valence-electron chi connectivity index (χ3n) is 7.26. The Morgan fingerprint density at radius 1 is 0.741 bits per heavy atom. The number of furan rings is 2. The summed E-state index contributed by atoms with van der Waals surface area (Å²) in [7, 11) is 0. The molecule has 15 heteroatoms. The molecule has 0 saturated carbocycles. The Morgan fingerprint density at radius 3 is 1.70 bits per heavy atom. The number of fused-ring (bicyclic) bond motifs is 2. The minimum atomic E-state index is -0.591. The van der Waals surface area contributed by atoms with Gasteiger partial charge >= 0.3 is 11.9 Å². The smallest absolute Gasteiger partial charge is 0.338 e. The SMILES string of the molecule is CCCCOC(=O)c1ccc(N)cc1.CCCCOC(=O)c1ccc(NC(=S)NC(=O)c2cc3cnccc3o2)cc1.O=C(Cl)c1cc2cnccc2o1. The lowest BCUT2D eigenvalue weighted by molar-refractivity contribution is 0.0490. The van der Waals surface area contributed by atoms with E-state index in [1.54, 1.807) is 97.6 Å². The summed E-state index contributed by atoms with van der Waals surface area (Å²) in [5.41, 5.74) is 8.97. The Hall–Kier alpha value is -6.12. The van der Waals surface area contributed by atoms with Gasteiger partial charge in [-0.25, -0.2) is 9.59 Å². The van der Waals surface area contributed by atoms with Crippen LogP contribution >= 0.6 is 23.8 Å². The first kappa shape index (κ1) is 40.6. The number of benzene rings is 2. The molecule has 0 saturated heterocycles. The number of nitrogen functional groups attached to an aromatic ring is 1. The molecule has 0 aliphatic heterocycles. The number of pyridine rings is 2. The van der Waals surface area contributed by atoms with Gasteiger partial charge in [0.2, 0.25) is 0 Å². The molecule has 13 nitrogen and oxygen atoms in total. The van der Waals surface area contributed by atoms with Gasteiger partial charge in [-0.05, 0) is 109 Å². The van der Waals surface area contributed by atoms with Crippen molar-refractivity contribution in [2.24, 2.45) is 0 Å². The summed E-state index contributed by atoms with van der Waals surface area (Å²) in [5, 5.41) is 6.47. The van der Waals surface area contributed by atoms with Crippen molar-refractivity contribution in [2.75, 3.05) is 24.3 Å². The van der Waals surface area contributed by atoms with E-state index < -0.39 is 11.1 Å². The van der Waals surface area contributed by atoms with Crippen molar-refractivity contribution in [1.82, 2.24) is 15.3 Å². The number of carbonyl (C=O) groups excluding carboxylic acids is 4. The molecule has 0 aliphatic rings. The lowest BCUT2D eigenvalue weighted by atomic mass is 10.2. The summed E-state index contributed by atoms with van der Waals surface area (Å²) in [6.07, 6.45) is 10.1. The van der Waals surface area contributed by atoms with Gasteiger partial charge in [0.15, 0.2) is 16.6 Å². The number of carbonyl (C=O) groups is 4. The number of nitrogens with zero attached hydrogens (tertiary/aromatic N) is 2. The lowest BCUT2D eigenvalue weighted by Crippen LogP contribution is -2.33. The molecular formula is C39H38ClN5O8S. The monoisotopic (exact) mass is 771 g/mol. The quantitative estimate of drug-likeness (QED) is 0.0375. The van der Waals surface area contributed by atoms with Gasteiger partial charge in [-0.1, -0.05) is 26.7 Å². The van der Waals surface area contributed by atoms with E-state index in [4.69, 9.17) is 47.9 Å². The number of thiocarbonyl (C=S) groups is 1. The van der Waals surface area contributed by atoms with Crippen LogP contribution in [0.5, 0.6) is 0 Å². The van der Waals surface area contributed by atoms with E-state index >= 15 is 0 Å². The number of hydrogen-bond acceptors (Lipinski definition) is 12. The fourth-order valence-electron chi connectivity index (χ4n) is 4.40. The molecule has 6 rings (SSSR count). The van der Waals surface area contributed by atoms with Crippen molar-refractivity contribution in [1.29, 1.82) is 0 Å². The van der Waals surface area contributed by atoms with Gasteiger partial charge in [0.25, 0.3) is 11.1 Å². The number of nitrogens with one attached hydrogen (secondary N) is 2. The number of anilines is 2. The van der Waals surface area contributed by atoms with E-state index in [0.717, 1.165) is 36.5 Å². The van der Waals surface area contributed by atoms with Crippen molar-refractivity contribution < 1.29 is 37.5 Å². The summed E-state index contributed by atoms with van der Waals surface area (Å²) in [6.45, 7) is 4.97. The molecular weight excluding hydrogens is 734 g/mol. The molecule has 4 heterocycles. The van der Waals surface area contributed by atoms with Crippen molar-refractivity contribution in [3.05, 3.63) is 120 Å². The Kier molecular flexibility index (Phi) is 15.7. The number of amides is 1. The molecule has 0 atom stereocenters. The summed E-state index contributed by atoms with van der Waals surface area (Å²) >= 11 is 10.4. The number of ether oxygens (including phenoxy) is 2. The number of rotatable bonds is 11. The minimum Gasteiger partial charge on any atom is -0.462 e. The second kappa shape index (κ2) is 20.8. The van der Waals surface area contributed by atoms with Gasteiger partial charge < -0.3 is 29.4 Å². The van der Waals surface area contributed by atoms with Crippen LogP contribution in [0.1, 0.15) is 81.4 Å². The third kappa shape index (κ3) is 12.5. The fourth-order valence-corrected chi connectivity index (χ4v) is 4.70. The number of aromatic nitrogens is 2. The second-order valence-electron chi connectivity index (χ2n) is 11.4. The van der Waals surface area contributed by atoms with Crippen molar-refractivity contribution in [3.8, 4) is 0 Å². The molecule has 4 aromatic heterocycles. The van der Waals surface area contributed by atoms with Crippen LogP contribution in [0.25, 0.3) is 21.9 Å². The molecule has 0 unspecified atom stereocenters. The molecule has 54 heavy (non-hydrogen) atoms. The maximum Gasteiger partial charge on any atom is 0.338 e. The maximum atomic E-state index is 12.3. The van der Waals surface area contributed by atoms with Crippen LogP contribution < -0.4 is 16.4 Å². The molecule has 0 fully saturated rings. The molecule has 2 aromatic carbocycles. The standard InChI is InChI=1S/C20H19N3O4S.C11H15NO2.C8H4ClNO2/c1-2-3-10-26-19(25)13-4-6-15(7-5-13)22-20(28)23-18(24)17-11-14-12-21-9-8-16(14)27-17;1-2-3-8-14-11(13)9-4-6-10(12)7-5-9;9-8(11)7-3-5-4-10-2-1-6(5)12-7/h4-9,11-12H,2-3,10H2,1H3,(H2,22,23,24,28);4-7H,2-3,8,12H2,1H3;1-4H. The van der Waals surface area contributed by atoms with Gasteiger partial charge in [0.05, 0.1) is 24.3 Å². The van der Waals surface area contributed by atoms with E-state index in [-0.39, 0.29) is 28.6 Å². The van der Waals surface area contributed by atoms with Crippen molar-refractivity contribution >= 4 is 85.3 Å². The van der Waals surface area contributed by atoms with Crippen LogP contribution in [0.3, 0.4) is 0 Å². The number of esters is 2. The highest BCUT2D eigenvalue weighted by Crippen LogP contribution is 2.19. The van der Waals surface area contributed by atoms with Gasteiger partial charge in [-0.3, -0.25) is 24.9 Å². The zero-order valence-corrected chi connectivity index (χ0v) is 31.1. The summed E-state index contributed by atoms with van der Waals surface area (Å²) in [4.78, 5) is 54.0. The normalized spacial score (nSPS) is 10.3.